The van der Waals surface area contributed by atoms with Gasteiger partial charge in [0.15, 0.2) is 0 Å². The molecule has 3 nitrogen and oxygen atoms in total. The molecule has 1 heterocycles. The fourth-order valence-corrected chi connectivity index (χ4v) is 3.72. The van der Waals surface area contributed by atoms with Crippen LogP contribution in [0.1, 0.15) is 31.7 Å². The van der Waals surface area contributed by atoms with E-state index in [-0.39, 0.29) is 12.0 Å². The third-order valence-corrected chi connectivity index (χ3v) is 4.73. The molecule has 0 spiro atoms. The third-order valence-electron chi connectivity index (χ3n) is 4.10. The first-order chi connectivity index (χ1) is 9.18. The Morgan fingerprint density at radius 3 is 2.79 bits per heavy atom. The summed E-state index contributed by atoms with van der Waals surface area (Å²) in [5, 5.41) is 10.6. The number of fused-ring (bicyclic) bond motifs is 1. The Hall–Kier alpha value is -1.29. The SMILES string of the molecule is O=C(O)C1CCCCC1n1cc(Br)c2ccccc21. The van der Waals surface area contributed by atoms with E-state index in [4.69, 9.17) is 0 Å². The van der Waals surface area contributed by atoms with Crippen LogP contribution in [0, 0.1) is 5.92 Å². The largest absolute Gasteiger partial charge is 0.481 e. The fourth-order valence-electron chi connectivity index (χ4n) is 3.17. The van der Waals surface area contributed by atoms with Crippen molar-refractivity contribution in [3.63, 3.8) is 0 Å². The molecule has 2 aromatic rings. The van der Waals surface area contributed by atoms with E-state index >= 15 is 0 Å². The van der Waals surface area contributed by atoms with Crippen molar-refractivity contribution in [1.82, 2.24) is 4.57 Å². The molecular formula is C15H16BrNO2. The molecule has 3 rings (SSSR count). The quantitative estimate of drug-likeness (QED) is 0.899. The van der Waals surface area contributed by atoms with Gasteiger partial charge in [-0.25, -0.2) is 0 Å². The van der Waals surface area contributed by atoms with Crippen LogP contribution in [0.25, 0.3) is 10.9 Å². The van der Waals surface area contributed by atoms with Crippen LogP contribution in [0.5, 0.6) is 0 Å². The maximum Gasteiger partial charge on any atom is 0.308 e. The molecule has 1 aromatic heterocycles. The van der Waals surface area contributed by atoms with Crippen molar-refractivity contribution in [3.05, 3.63) is 34.9 Å². The number of aliphatic carboxylic acids is 1. The summed E-state index contributed by atoms with van der Waals surface area (Å²) in [5.74, 6) is -0.935. The summed E-state index contributed by atoms with van der Waals surface area (Å²) in [5.41, 5.74) is 1.12. The van der Waals surface area contributed by atoms with Crippen LogP contribution in [0.3, 0.4) is 0 Å². The maximum atomic E-state index is 11.5. The molecule has 1 N–H and O–H groups in total. The normalized spacial score (nSPS) is 23.6. The Morgan fingerprint density at radius 1 is 1.26 bits per heavy atom. The van der Waals surface area contributed by atoms with Crippen molar-refractivity contribution in [2.45, 2.75) is 31.7 Å². The van der Waals surface area contributed by atoms with Crippen molar-refractivity contribution in [1.29, 1.82) is 0 Å². The van der Waals surface area contributed by atoms with Crippen LogP contribution < -0.4 is 0 Å². The molecule has 1 aromatic carbocycles. The predicted molar refractivity (Wildman–Crippen MR) is 78.3 cm³/mol. The maximum absolute atomic E-state index is 11.5. The van der Waals surface area contributed by atoms with E-state index in [0.717, 1.165) is 41.1 Å². The number of aromatic nitrogens is 1. The summed E-state index contributed by atoms with van der Waals surface area (Å²) in [6.45, 7) is 0. The van der Waals surface area contributed by atoms with E-state index in [1.807, 2.05) is 18.3 Å². The molecule has 1 fully saturated rings. The van der Waals surface area contributed by atoms with E-state index in [1.54, 1.807) is 0 Å². The van der Waals surface area contributed by atoms with Gasteiger partial charge in [0, 0.05) is 27.6 Å². The van der Waals surface area contributed by atoms with Gasteiger partial charge < -0.3 is 9.67 Å². The topological polar surface area (TPSA) is 42.2 Å². The molecule has 2 unspecified atom stereocenters. The predicted octanol–water partition coefficient (Wildman–Crippen LogP) is 4.22. The van der Waals surface area contributed by atoms with Crippen molar-refractivity contribution in [3.8, 4) is 0 Å². The van der Waals surface area contributed by atoms with Gasteiger partial charge in [0.2, 0.25) is 0 Å². The van der Waals surface area contributed by atoms with Crippen LogP contribution in [0.15, 0.2) is 34.9 Å². The molecule has 0 amide bonds. The van der Waals surface area contributed by atoms with E-state index in [2.05, 4.69) is 32.6 Å². The zero-order valence-corrected chi connectivity index (χ0v) is 12.1. The van der Waals surface area contributed by atoms with Crippen molar-refractivity contribution >= 4 is 32.8 Å². The van der Waals surface area contributed by atoms with Gasteiger partial charge in [-0.3, -0.25) is 4.79 Å². The van der Waals surface area contributed by atoms with Gasteiger partial charge in [0.05, 0.1) is 5.92 Å². The summed E-state index contributed by atoms with van der Waals surface area (Å²) in [4.78, 5) is 11.5. The van der Waals surface area contributed by atoms with Crippen molar-refractivity contribution in [2.75, 3.05) is 0 Å². The summed E-state index contributed by atoms with van der Waals surface area (Å²) in [7, 11) is 0. The van der Waals surface area contributed by atoms with Gasteiger partial charge in [0.25, 0.3) is 0 Å². The van der Waals surface area contributed by atoms with Gasteiger partial charge in [-0.2, -0.15) is 0 Å². The zero-order chi connectivity index (χ0) is 13.4. The van der Waals surface area contributed by atoms with E-state index < -0.39 is 5.97 Å². The monoisotopic (exact) mass is 321 g/mol. The second-order valence-electron chi connectivity index (χ2n) is 5.20. The molecule has 0 bridgehead atoms. The number of carboxylic acid groups (broad SMARTS) is 1. The Kier molecular flexibility index (Phi) is 3.35. The molecule has 0 radical (unpaired) electrons. The highest BCUT2D eigenvalue weighted by molar-refractivity contribution is 9.10. The lowest BCUT2D eigenvalue weighted by Gasteiger charge is -2.30. The molecular weight excluding hydrogens is 306 g/mol. The summed E-state index contributed by atoms with van der Waals surface area (Å²) < 4.78 is 3.19. The first-order valence-corrected chi connectivity index (χ1v) is 7.45. The van der Waals surface area contributed by atoms with Gasteiger partial charge in [-0.1, -0.05) is 31.0 Å². The van der Waals surface area contributed by atoms with Crippen LogP contribution in [-0.4, -0.2) is 15.6 Å². The average Bonchev–Trinajstić information content (AvgIpc) is 2.77. The minimum Gasteiger partial charge on any atom is -0.481 e. The number of carboxylic acids is 1. The second kappa shape index (κ2) is 5.00. The summed E-state index contributed by atoms with van der Waals surface area (Å²) in [6, 6.07) is 8.21. The lowest BCUT2D eigenvalue weighted by atomic mass is 9.84. The molecule has 100 valence electrons. The number of para-hydroxylation sites is 1. The molecule has 1 saturated carbocycles. The number of hydrogen-bond donors (Lipinski definition) is 1. The first-order valence-electron chi connectivity index (χ1n) is 6.66. The molecule has 19 heavy (non-hydrogen) atoms. The summed E-state index contributed by atoms with van der Waals surface area (Å²) in [6.07, 6.45) is 5.90. The standard InChI is InChI=1S/C15H16BrNO2/c16-12-9-17(13-7-3-1-5-10(12)13)14-8-4-2-6-11(14)15(18)19/h1,3,5,7,9,11,14H,2,4,6,8H2,(H,18,19). The Labute approximate surface area is 120 Å². The van der Waals surface area contributed by atoms with E-state index in [1.165, 1.54) is 0 Å². The highest BCUT2D eigenvalue weighted by atomic mass is 79.9. The molecule has 2 atom stereocenters. The van der Waals surface area contributed by atoms with Gasteiger partial charge in [0.1, 0.15) is 0 Å². The average molecular weight is 322 g/mol. The molecule has 1 aliphatic carbocycles. The van der Waals surface area contributed by atoms with Crippen molar-refractivity contribution in [2.24, 2.45) is 5.92 Å². The zero-order valence-electron chi connectivity index (χ0n) is 10.6. The van der Waals surface area contributed by atoms with Gasteiger partial charge in [-0.05, 0) is 34.8 Å². The third kappa shape index (κ3) is 2.18. The van der Waals surface area contributed by atoms with Crippen LogP contribution in [0.4, 0.5) is 0 Å². The number of benzene rings is 1. The molecule has 0 aliphatic heterocycles. The minimum absolute atomic E-state index is 0.0717. The van der Waals surface area contributed by atoms with Crippen LogP contribution in [0.2, 0.25) is 0 Å². The van der Waals surface area contributed by atoms with E-state index in [9.17, 15) is 9.90 Å². The van der Waals surface area contributed by atoms with Gasteiger partial charge >= 0.3 is 5.97 Å². The number of rotatable bonds is 2. The molecule has 4 heteroatoms. The Bertz CT molecular complexity index is 620. The number of hydrogen-bond acceptors (Lipinski definition) is 1. The lowest BCUT2D eigenvalue weighted by molar-refractivity contribution is -0.144. The Morgan fingerprint density at radius 2 is 2.00 bits per heavy atom. The van der Waals surface area contributed by atoms with Crippen molar-refractivity contribution < 1.29 is 9.90 Å². The van der Waals surface area contributed by atoms with Crippen LogP contribution >= 0.6 is 15.9 Å². The number of carbonyl (C=O) groups is 1. The smallest absolute Gasteiger partial charge is 0.308 e. The molecule has 1 aliphatic rings. The Balaban J connectivity index is 2.09. The lowest BCUT2D eigenvalue weighted by Crippen LogP contribution is -2.29. The van der Waals surface area contributed by atoms with Gasteiger partial charge in [-0.15, -0.1) is 0 Å². The second-order valence-corrected chi connectivity index (χ2v) is 6.05. The molecule has 0 saturated heterocycles. The minimum atomic E-state index is -0.668. The highest BCUT2D eigenvalue weighted by Gasteiger charge is 2.32. The highest BCUT2D eigenvalue weighted by Crippen LogP contribution is 2.38. The fraction of sp³-hybridized carbons (Fsp3) is 0.400. The van der Waals surface area contributed by atoms with Crippen LogP contribution in [-0.2, 0) is 4.79 Å². The number of nitrogens with zero attached hydrogens (tertiary/aromatic N) is 1. The van der Waals surface area contributed by atoms with E-state index in [0.29, 0.717) is 0 Å². The summed E-state index contributed by atoms with van der Waals surface area (Å²) >= 11 is 3.57. The first kappa shape index (κ1) is 12.7. The number of halogens is 1.